The number of nitrogens with zero attached hydrogens (tertiary/aromatic N) is 4. The first kappa shape index (κ1) is 22.6. The number of aromatic nitrogens is 3. The summed E-state index contributed by atoms with van der Waals surface area (Å²) in [6, 6.07) is 30.9. The maximum atomic E-state index is 12.7. The van der Waals surface area contributed by atoms with Crippen LogP contribution in [0.25, 0.3) is 22.8 Å². The number of carbonyl (C=O) groups is 1. The largest absolute Gasteiger partial charge is 0.489 e. The smallest absolute Gasteiger partial charge is 0.249 e. The van der Waals surface area contributed by atoms with Crippen molar-refractivity contribution in [2.24, 2.45) is 0 Å². The molecule has 0 spiro atoms. The molecule has 0 radical (unpaired) electrons. The van der Waals surface area contributed by atoms with Gasteiger partial charge in [0.15, 0.2) is 11.6 Å². The molecule has 1 N–H and O–H groups in total. The van der Waals surface area contributed by atoms with Crippen LogP contribution >= 0.6 is 0 Å². The van der Waals surface area contributed by atoms with E-state index in [9.17, 15) is 10.1 Å². The van der Waals surface area contributed by atoms with E-state index in [4.69, 9.17) is 4.74 Å². The van der Waals surface area contributed by atoms with E-state index in [-0.39, 0.29) is 11.4 Å². The summed E-state index contributed by atoms with van der Waals surface area (Å²) in [5.74, 6) is 1.12. The molecule has 0 fully saturated rings. The number of anilines is 1. The van der Waals surface area contributed by atoms with Crippen molar-refractivity contribution >= 4 is 28.7 Å². The normalized spacial score (nSPS) is 10.9. The Bertz CT molecular complexity index is 1580. The van der Waals surface area contributed by atoms with Gasteiger partial charge in [-0.1, -0.05) is 60.7 Å². The summed E-state index contributed by atoms with van der Waals surface area (Å²) in [5, 5.41) is 17.5. The third-order valence-corrected chi connectivity index (χ3v) is 5.49. The molecule has 0 aliphatic heterocycles. The van der Waals surface area contributed by atoms with Crippen LogP contribution in [0.2, 0.25) is 0 Å². The lowest BCUT2D eigenvalue weighted by molar-refractivity contribution is -0.111. The fourth-order valence-electron chi connectivity index (χ4n) is 3.64. The first-order chi connectivity index (χ1) is 17.7. The molecule has 0 saturated carbocycles. The van der Waals surface area contributed by atoms with Crippen LogP contribution in [-0.4, -0.2) is 20.7 Å². The Morgan fingerprint density at radius 3 is 2.56 bits per heavy atom. The van der Waals surface area contributed by atoms with Crippen molar-refractivity contribution in [1.29, 1.82) is 5.26 Å². The number of benzene rings is 3. The number of rotatable bonds is 7. The van der Waals surface area contributed by atoms with Crippen molar-refractivity contribution in [3.05, 3.63) is 120 Å². The molecule has 3 aromatic carbocycles. The summed E-state index contributed by atoms with van der Waals surface area (Å²) in [4.78, 5) is 17.3. The highest BCUT2D eigenvalue weighted by Gasteiger charge is 2.15. The second-order valence-corrected chi connectivity index (χ2v) is 7.96. The van der Waals surface area contributed by atoms with Crippen LogP contribution < -0.4 is 10.1 Å². The molecule has 0 aliphatic rings. The van der Waals surface area contributed by atoms with E-state index in [0.29, 0.717) is 12.4 Å². The minimum atomic E-state index is -0.390. The Balaban J connectivity index is 1.27. The molecular formula is C29H21N5O2. The lowest BCUT2D eigenvalue weighted by Crippen LogP contribution is -2.14. The van der Waals surface area contributed by atoms with E-state index in [1.165, 1.54) is 17.0 Å². The van der Waals surface area contributed by atoms with Crippen LogP contribution in [0.1, 0.15) is 16.7 Å². The number of carbonyl (C=O) groups excluding carboxylic acids is 1. The van der Waals surface area contributed by atoms with Gasteiger partial charge in [-0.05, 0) is 47.5 Å². The molecule has 7 heteroatoms. The molecule has 7 nitrogen and oxygen atoms in total. The number of hydrogen-bond donors (Lipinski definition) is 1. The van der Waals surface area contributed by atoms with Gasteiger partial charge < -0.3 is 10.1 Å². The predicted molar refractivity (Wildman–Crippen MR) is 138 cm³/mol. The lowest BCUT2D eigenvalue weighted by atomic mass is 10.2. The number of ether oxygens (including phenoxy) is 1. The minimum absolute atomic E-state index is 0.242. The van der Waals surface area contributed by atoms with Gasteiger partial charge in [0.05, 0.1) is 11.7 Å². The molecule has 5 aromatic rings. The van der Waals surface area contributed by atoms with E-state index < -0.39 is 5.91 Å². The standard InChI is InChI=1S/C29H21N5O2/c30-18-24-19-31-34(27-16-13-23-8-4-5-9-26(23)32-27)29(24)33-28(35)17-12-21-10-14-25(15-11-21)36-20-22-6-2-1-3-7-22/h1-17,19H,20H2,(H,33,35)/b17-12+. The van der Waals surface area contributed by atoms with Crippen molar-refractivity contribution in [2.45, 2.75) is 6.61 Å². The van der Waals surface area contributed by atoms with Gasteiger partial charge in [-0.2, -0.15) is 15.0 Å². The number of nitriles is 1. The van der Waals surface area contributed by atoms with E-state index >= 15 is 0 Å². The molecule has 2 aromatic heterocycles. The third kappa shape index (κ3) is 5.13. The lowest BCUT2D eigenvalue weighted by Gasteiger charge is -2.08. The number of fused-ring (bicyclic) bond motifs is 1. The molecule has 0 bridgehead atoms. The highest BCUT2D eigenvalue weighted by Crippen LogP contribution is 2.21. The number of para-hydroxylation sites is 1. The molecule has 0 saturated heterocycles. The van der Waals surface area contributed by atoms with Gasteiger partial charge in [-0.25, -0.2) is 4.98 Å². The zero-order chi connectivity index (χ0) is 24.7. The summed E-state index contributed by atoms with van der Waals surface area (Å²) in [6.07, 6.45) is 4.51. The van der Waals surface area contributed by atoms with Gasteiger partial charge in [0.1, 0.15) is 24.0 Å². The second kappa shape index (κ2) is 10.4. The maximum Gasteiger partial charge on any atom is 0.249 e. The third-order valence-electron chi connectivity index (χ3n) is 5.49. The van der Waals surface area contributed by atoms with Crippen LogP contribution in [0, 0.1) is 11.3 Å². The fraction of sp³-hybridized carbons (Fsp3) is 0.0345. The molecule has 1 amide bonds. The zero-order valence-electron chi connectivity index (χ0n) is 19.2. The summed E-state index contributed by atoms with van der Waals surface area (Å²) in [5.41, 5.74) is 2.96. The zero-order valence-corrected chi connectivity index (χ0v) is 19.2. The topological polar surface area (TPSA) is 92.8 Å². The first-order valence-electron chi connectivity index (χ1n) is 11.3. The fourth-order valence-corrected chi connectivity index (χ4v) is 3.64. The monoisotopic (exact) mass is 471 g/mol. The molecule has 2 heterocycles. The van der Waals surface area contributed by atoms with E-state index in [1.807, 2.05) is 84.9 Å². The molecule has 174 valence electrons. The predicted octanol–water partition coefficient (Wildman–Crippen LogP) is 5.52. The van der Waals surface area contributed by atoms with Crippen molar-refractivity contribution in [1.82, 2.24) is 14.8 Å². The molecule has 0 atom stereocenters. The molecule has 5 rings (SSSR count). The molecular weight excluding hydrogens is 450 g/mol. The van der Waals surface area contributed by atoms with Crippen LogP contribution in [0.4, 0.5) is 5.82 Å². The summed E-state index contributed by atoms with van der Waals surface area (Å²) < 4.78 is 7.25. The van der Waals surface area contributed by atoms with Crippen LogP contribution in [0.15, 0.2) is 103 Å². The van der Waals surface area contributed by atoms with Crippen molar-refractivity contribution in [2.75, 3.05) is 5.32 Å². The van der Waals surface area contributed by atoms with Crippen molar-refractivity contribution in [3.63, 3.8) is 0 Å². The van der Waals surface area contributed by atoms with E-state index in [0.717, 1.165) is 27.8 Å². The number of amides is 1. The van der Waals surface area contributed by atoms with E-state index in [1.54, 1.807) is 12.1 Å². The van der Waals surface area contributed by atoms with Gasteiger partial charge in [-0.15, -0.1) is 0 Å². The number of hydrogen-bond acceptors (Lipinski definition) is 5. The molecule has 36 heavy (non-hydrogen) atoms. The van der Waals surface area contributed by atoms with Gasteiger partial charge in [-0.3, -0.25) is 4.79 Å². The maximum absolute atomic E-state index is 12.7. The Labute approximate surface area is 207 Å². The Morgan fingerprint density at radius 1 is 0.972 bits per heavy atom. The summed E-state index contributed by atoms with van der Waals surface area (Å²) in [7, 11) is 0. The Morgan fingerprint density at radius 2 is 1.75 bits per heavy atom. The number of nitrogens with one attached hydrogen (secondary N) is 1. The van der Waals surface area contributed by atoms with Crippen LogP contribution in [-0.2, 0) is 11.4 Å². The van der Waals surface area contributed by atoms with Crippen molar-refractivity contribution < 1.29 is 9.53 Å². The highest BCUT2D eigenvalue weighted by molar-refractivity contribution is 6.02. The SMILES string of the molecule is N#Cc1cnn(-c2ccc3ccccc3n2)c1NC(=O)/C=C/c1ccc(OCc2ccccc2)cc1. The van der Waals surface area contributed by atoms with E-state index in [2.05, 4.69) is 21.5 Å². The second-order valence-electron chi connectivity index (χ2n) is 7.96. The molecule has 0 unspecified atom stereocenters. The van der Waals surface area contributed by atoms with Gasteiger partial charge >= 0.3 is 0 Å². The van der Waals surface area contributed by atoms with Gasteiger partial charge in [0, 0.05) is 11.5 Å². The average Bonchev–Trinajstić information content (AvgIpc) is 3.34. The summed E-state index contributed by atoms with van der Waals surface area (Å²) >= 11 is 0. The summed E-state index contributed by atoms with van der Waals surface area (Å²) in [6.45, 7) is 0.486. The quantitative estimate of drug-likeness (QED) is 0.315. The van der Waals surface area contributed by atoms with Crippen LogP contribution in [0.5, 0.6) is 5.75 Å². The Kier molecular flexibility index (Phi) is 6.50. The van der Waals surface area contributed by atoms with Gasteiger partial charge in [0.25, 0.3) is 0 Å². The first-order valence-corrected chi connectivity index (χ1v) is 11.3. The Hall–Kier alpha value is -5.22. The molecule has 0 aliphatic carbocycles. The van der Waals surface area contributed by atoms with Gasteiger partial charge in [0.2, 0.25) is 5.91 Å². The highest BCUT2D eigenvalue weighted by atomic mass is 16.5. The number of pyridine rings is 1. The minimum Gasteiger partial charge on any atom is -0.489 e. The van der Waals surface area contributed by atoms with Crippen LogP contribution in [0.3, 0.4) is 0 Å². The van der Waals surface area contributed by atoms with Crippen molar-refractivity contribution in [3.8, 4) is 17.6 Å². The average molecular weight is 472 g/mol.